The molecule has 0 atom stereocenters. The van der Waals surface area contributed by atoms with Crippen LogP contribution in [0.1, 0.15) is 12.8 Å². The summed E-state index contributed by atoms with van der Waals surface area (Å²) in [7, 11) is 0.558. The molecule has 1 saturated carbocycles. The molecule has 25 heavy (non-hydrogen) atoms. The maximum absolute atomic E-state index is 5.93. The summed E-state index contributed by atoms with van der Waals surface area (Å²) in [5, 5.41) is 0. The molecule has 2 aromatic rings. The van der Waals surface area contributed by atoms with Crippen molar-refractivity contribution in [1.82, 2.24) is 14.5 Å². The van der Waals surface area contributed by atoms with Crippen molar-refractivity contribution in [3.05, 3.63) is 24.8 Å². The first-order valence-corrected chi connectivity index (χ1v) is 12.5. The molecule has 0 spiro atoms. The van der Waals surface area contributed by atoms with Crippen LogP contribution in [-0.2, 0) is 11.5 Å². The Hall–Kier alpha value is -1.86. The van der Waals surface area contributed by atoms with Gasteiger partial charge in [-0.15, -0.1) is 0 Å². The Kier molecular flexibility index (Phi) is 5.44. The second-order valence-corrected chi connectivity index (χ2v) is 13.3. The third-order valence-corrected chi connectivity index (χ3v) is 5.75. The molecule has 0 unspecified atom stereocenters. The Morgan fingerprint density at radius 3 is 2.64 bits per heavy atom. The third-order valence-electron chi connectivity index (χ3n) is 4.05. The first-order chi connectivity index (χ1) is 12.0. The van der Waals surface area contributed by atoms with Gasteiger partial charge < -0.3 is 18.8 Å². The molecule has 6 nitrogen and oxygen atoms in total. The van der Waals surface area contributed by atoms with Crippen LogP contribution in [-0.4, -0.2) is 42.4 Å². The summed E-state index contributed by atoms with van der Waals surface area (Å²) in [4.78, 5) is 8.53. The number of rotatable bonds is 9. The largest absolute Gasteiger partial charge is 0.480 e. The van der Waals surface area contributed by atoms with Crippen LogP contribution in [0.2, 0.25) is 25.7 Å². The number of hydrogen-bond acceptors (Lipinski definition) is 5. The van der Waals surface area contributed by atoms with E-state index in [1.165, 1.54) is 12.4 Å². The van der Waals surface area contributed by atoms with Gasteiger partial charge in [-0.05, 0) is 25.0 Å². The molecule has 1 fully saturated rings. The zero-order valence-electron chi connectivity index (χ0n) is 15.5. The summed E-state index contributed by atoms with van der Waals surface area (Å²) < 4.78 is 19.2. The van der Waals surface area contributed by atoms with Crippen molar-refractivity contribution in [3.63, 3.8) is 0 Å². The fourth-order valence-electron chi connectivity index (χ4n) is 2.41. The van der Waals surface area contributed by atoms with Crippen molar-refractivity contribution >= 4 is 8.07 Å². The Balaban J connectivity index is 1.70. The van der Waals surface area contributed by atoms with Crippen molar-refractivity contribution in [2.45, 2.75) is 51.4 Å². The minimum Gasteiger partial charge on any atom is -0.480 e. The SMILES string of the molecule is COc1ncnc(OC2CC2)c1-c1ccn(COCC[Si](C)(C)C)c1. The molecular weight excluding hydrogens is 334 g/mol. The topological polar surface area (TPSA) is 58.4 Å². The molecule has 1 aliphatic rings. The molecule has 0 N–H and O–H groups in total. The number of nitrogens with zero attached hydrogens (tertiary/aromatic N) is 3. The van der Waals surface area contributed by atoms with Crippen molar-refractivity contribution in [2.75, 3.05) is 13.7 Å². The molecule has 3 rings (SSSR count). The van der Waals surface area contributed by atoms with E-state index in [4.69, 9.17) is 14.2 Å². The monoisotopic (exact) mass is 361 g/mol. The average molecular weight is 362 g/mol. The summed E-state index contributed by atoms with van der Waals surface area (Å²) in [6.07, 6.45) is 7.93. The van der Waals surface area contributed by atoms with E-state index in [1.807, 2.05) is 23.0 Å². The van der Waals surface area contributed by atoms with Crippen LogP contribution < -0.4 is 9.47 Å². The molecule has 0 amide bonds. The van der Waals surface area contributed by atoms with Gasteiger partial charge >= 0.3 is 0 Å². The number of methoxy groups -OCH3 is 1. The average Bonchev–Trinajstić information content (AvgIpc) is 3.25. The molecule has 0 aromatic carbocycles. The fraction of sp³-hybridized carbons (Fsp3) is 0.556. The highest BCUT2D eigenvalue weighted by molar-refractivity contribution is 6.76. The minimum absolute atomic E-state index is 0.269. The molecule has 0 radical (unpaired) electrons. The Morgan fingerprint density at radius 2 is 1.96 bits per heavy atom. The van der Waals surface area contributed by atoms with Gasteiger partial charge in [-0.3, -0.25) is 0 Å². The van der Waals surface area contributed by atoms with E-state index in [0.29, 0.717) is 18.5 Å². The van der Waals surface area contributed by atoms with Gasteiger partial charge in [0.1, 0.15) is 24.7 Å². The second-order valence-electron chi connectivity index (χ2n) is 7.64. The molecule has 1 aliphatic carbocycles. The Labute approximate surface area is 150 Å². The van der Waals surface area contributed by atoms with Crippen LogP contribution in [0, 0.1) is 0 Å². The van der Waals surface area contributed by atoms with E-state index in [0.717, 1.165) is 30.6 Å². The first kappa shape index (κ1) is 17.9. The van der Waals surface area contributed by atoms with E-state index in [9.17, 15) is 0 Å². The molecule has 2 aromatic heterocycles. The number of ether oxygens (including phenoxy) is 3. The highest BCUT2D eigenvalue weighted by Crippen LogP contribution is 2.38. The van der Waals surface area contributed by atoms with Gasteiger partial charge in [0.2, 0.25) is 11.8 Å². The molecule has 7 heteroatoms. The lowest BCUT2D eigenvalue weighted by molar-refractivity contribution is 0.0875. The fourth-order valence-corrected chi connectivity index (χ4v) is 3.16. The maximum atomic E-state index is 5.93. The molecular formula is C18H27N3O3Si. The van der Waals surface area contributed by atoms with Gasteiger partial charge in [0.05, 0.1) is 7.11 Å². The van der Waals surface area contributed by atoms with Gasteiger partial charge in [0, 0.05) is 32.6 Å². The predicted molar refractivity (Wildman–Crippen MR) is 99.8 cm³/mol. The summed E-state index contributed by atoms with van der Waals surface area (Å²) in [5.41, 5.74) is 1.78. The summed E-state index contributed by atoms with van der Waals surface area (Å²) in [6.45, 7) is 8.41. The Bertz CT molecular complexity index is 708. The van der Waals surface area contributed by atoms with Crippen molar-refractivity contribution in [1.29, 1.82) is 0 Å². The lowest BCUT2D eigenvalue weighted by atomic mass is 10.1. The molecule has 0 saturated heterocycles. The Morgan fingerprint density at radius 1 is 1.20 bits per heavy atom. The molecule has 136 valence electrons. The smallest absolute Gasteiger partial charge is 0.228 e. The molecule has 0 aliphatic heterocycles. The molecule has 0 bridgehead atoms. The zero-order chi connectivity index (χ0) is 17.9. The van der Waals surface area contributed by atoms with Crippen LogP contribution in [0.5, 0.6) is 11.8 Å². The summed E-state index contributed by atoms with van der Waals surface area (Å²) >= 11 is 0. The van der Waals surface area contributed by atoms with Crippen LogP contribution in [0.15, 0.2) is 24.8 Å². The van der Waals surface area contributed by atoms with Gasteiger partial charge in [-0.25, -0.2) is 9.97 Å². The van der Waals surface area contributed by atoms with Gasteiger partial charge in [-0.2, -0.15) is 0 Å². The van der Waals surface area contributed by atoms with Crippen molar-refractivity contribution < 1.29 is 14.2 Å². The van der Waals surface area contributed by atoms with Crippen LogP contribution >= 0.6 is 0 Å². The van der Waals surface area contributed by atoms with Gasteiger partial charge in [0.15, 0.2) is 0 Å². The highest BCUT2D eigenvalue weighted by Gasteiger charge is 2.27. The third kappa shape index (κ3) is 5.06. The standard InChI is InChI=1S/C18H27N3O3Si/c1-22-17-16(18(20-12-19-17)24-15-5-6-15)14-7-8-21(11-14)13-23-9-10-25(2,3)4/h7-8,11-12,15H,5-6,9-10,13H2,1-4H3. The number of aromatic nitrogens is 3. The lowest BCUT2D eigenvalue weighted by Gasteiger charge is -2.15. The van der Waals surface area contributed by atoms with Crippen LogP contribution in [0.3, 0.4) is 0 Å². The molecule has 2 heterocycles. The van der Waals surface area contributed by atoms with Crippen molar-refractivity contribution in [3.8, 4) is 22.9 Å². The van der Waals surface area contributed by atoms with E-state index < -0.39 is 8.07 Å². The van der Waals surface area contributed by atoms with Crippen molar-refractivity contribution in [2.24, 2.45) is 0 Å². The van der Waals surface area contributed by atoms with E-state index in [-0.39, 0.29) is 6.10 Å². The van der Waals surface area contributed by atoms with Crippen LogP contribution in [0.25, 0.3) is 11.1 Å². The minimum atomic E-state index is -1.06. The van der Waals surface area contributed by atoms with Gasteiger partial charge in [-0.1, -0.05) is 19.6 Å². The lowest BCUT2D eigenvalue weighted by Crippen LogP contribution is -2.21. The summed E-state index contributed by atoms with van der Waals surface area (Å²) in [6, 6.07) is 3.18. The van der Waals surface area contributed by atoms with Crippen LogP contribution in [0.4, 0.5) is 0 Å². The zero-order valence-corrected chi connectivity index (χ0v) is 16.5. The van der Waals surface area contributed by atoms with E-state index in [1.54, 1.807) is 7.11 Å². The van der Waals surface area contributed by atoms with E-state index >= 15 is 0 Å². The maximum Gasteiger partial charge on any atom is 0.228 e. The van der Waals surface area contributed by atoms with Gasteiger partial charge in [0.25, 0.3) is 0 Å². The quantitative estimate of drug-likeness (QED) is 0.502. The second kappa shape index (κ2) is 7.57. The summed E-state index contributed by atoms with van der Waals surface area (Å²) in [5.74, 6) is 1.12. The van der Waals surface area contributed by atoms with E-state index in [2.05, 4.69) is 29.6 Å². The highest BCUT2D eigenvalue weighted by atomic mass is 28.3. The number of hydrogen-bond donors (Lipinski definition) is 0. The first-order valence-electron chi connectivity index (χ1n) is 8.76. The normalized spacial score (nSPS) is 14.6. The predicted octanol–water partition coefficient (Wildman–Crippen LogP) is 3.81.